The molecule has 2 rings (SSSR count). The molecule has 3 nitrogen and oxygen atoms in total. The SMILES string of the molecule is N#Cc1ccc(NCc2cccc(F)c2Br)cn1. The van der Waals surface area contributed by atoms with Crippen LogP contribution in [0.1, 0.15) is 11.3 Å². The maximum absolute atomic E-state index is 13.3. The molecule has 0 saturated carbocycles. The third-order valence-electron chi connectivity index (χ3n) is 2.39. The molecule has 2 aromatic rings. The first-order valence-corrected chi connectivity index (χ1v) is 6.03. The molecule has 0 saturated heterocycles. The van der Waals surface area contributed by atoms with E-state index in [2.05, 4.69) is 26.2 Å². The van der Waals surface area contributed by atoms with Gasteiger partial charge < -0.3 is 5.32 Å². The average Bonchev–Trinajstić information content (AvgIpc) is 2.41. The molecule has 1 aromatic heterocycles. The predicted octanol–water partition coefficient (Wildman–Crippen LogP) is 3.47. The molecule has 0 unspecified atom stereocenters. The third kappa shape index (κ3) is 2.84. The molecule has 0 amide bonds. The van der Waals surface area contributed by atoms with Gasteiger partial charge in [0.1, 0.15) is 17.6 Å². The molecule has 0 fully saturated rings. The highest BCUT2D eigenvalue weighted by atomic mass is 79.9. The zero-order valence-corrected chi connectivity index (χ0v) is 10.9. The van der Waals surface area contributed by atoms with E-state index in [1.807, 2.05) is 12.1 Å². The van der Waals surface area contributed by atoms with E-state index in [-0.39, 0.29) is 5.82 Å². The van der Waals surface area contributed by atoms with Crippen molar-refractivity contribution >= 4 is 21.6 Å². The zero-order chi connectivity index (χ0) is 13.0. The number of benzene rings is 1. The van der Waals surface area contributed by atoms with Crippen LogP contribution in [0.4, 0.5) is 10.1 Å². The highest BCUT2D eigenvalue weighted by Gasteiger charge is 2.04. The Hall–Kier alpha value is -1.93. The van der Waals surface area contributed by atoms with Gasteiger partial charge in [-0.25, -0.2) is 9.37 Å². The molecular formula is C13H9BrFN3. The summed E-state index contributed by atoms with van der Waals surface area (Å²) in [5, 5.41) is 11.7. The molecule has 1 heterocycles. The minimum Gasteiger partial charge on any atom is -0.380 e. The van der Waals surface area contributed by atoms with Crippen LogP contribution in [-0.2, 0) is 6.54 Å². The predicted molar refractivity (Wildman–Crippen MR) is 70.4 cm³/mol. The number of rotatable bonds is 3. The van der Waals surface area contributed by atoms with Gasteiger partial charge in [-0.05, 0) is 39.7 Å². The first-order valence-electron chi connectivity index (χ1n) is 5.23. The molecule has 0 spiro atoms. The molecule has 0 aliphatic carbocycles. The largest absolute Gasteiger partial charge is 0.380 e. The molecule has 0 bridgehead atoms. The average molecular weight is 306 g/mol. The van der Waals surface area contributed by atoms with E-state index in [1.54, 1.807) is 24.4 Å². The molecule has 0 aliphatic heterocycles. The number of nitriles is 1. The molecule has 90 valence electrons. The Labute approximate surface area is 112 Å². The van der Waals surface area contributed by atoms with Crippen LogP contribution >= 0.6 is 15.9 Å². The van der Waals surface area contributed by atoms with Gasteiger partial charge in [0.15, 0.2) is 0 Å². The van der Waals surface area contributed by atoms with Crippen molar-refractivity contribution in [1.82, 2.24) is 4.98 Å². The van der Waals surface area contributed by atoms with Gasteiger partial charge in [-0.3, -0.25) is 0 Å². The van der Waals surface area contributed by atoms with Crippen molar-refractivity contribution in [2.24, 2.45) is 0 Å². The molecule has 1 aromatic carbocycles. The first-order chi connectivity index (χ1) is 8.70. The Morgan fingerprint density at radius 3 is 2.83 bits per heavy atom. The number of pyridine rings is 1. The van der Waals surface area contributed by atoms with E-state index in [0.717, 1.165) is 11.3 Å². The second kappa shape index (κ2) is 5.61. The molecule has 0 aliphatic rings. The smallest absolute Gasteiger partial charge is 0.140 e. The van der Waals surface area contributed by atoms with Crippen LogP contribution in [0.15, 0.2) is 41.0 Å². The van der Waals surface area contributed by atoms with Gasteiger partial charge >= 0.3 is 0 Å². The number of nitrogens with zero attached hydrogens (tertiary/aromatic N) is 2. The first kappa shape index (κ1) is 12.5. The summed E-state index contributed by atoms with van der Waals surface area (Å²) >= 11 is 3.20. The molecular weight excluding hydrogens is 297 g/mol. The summed E-state index contributed by atoms with van der Waals surface area (Å²) in [6.45, 7) is 0.478. The highest BCUT2D eigenvalue weighted by Crippen LogP contribution is 2.21. The minimum atomic E-state index is -0.285. The number of hydrogen-bond acceptors (Lipinski definition) is 3. The molecule has 5 heteroatoms. The van der Waals surface area contributed by atoms with E-state index in [9.17, 15) is 4.39 Å². The Bertz CT molecular complexity index is 590. The number of anilines is 1. The van der Waals surface area contributed by atoms with Crippen LogP contribution in [0.2, 0.25) is 0 Å². The molecule has 18 heavy (non-hydrogen) atoms. The number of hydrogen-bond donors (Lipinski definition) is 1. The van der Waals surface area contributed by atoms with Gasteiger partial charge in [-0.2, -0.15) is 5.26 Å². The van der Waals surface area contributed by atoms with Crippen LogP contribution < -0.4 is 5.32 Å². The lowest BCUT2D eigenvalue weighted by atomic mass is 10.2. The summed E-state index contributed by atoms with van der Waals surface area (Å²) in [5.74, 6) is -0.285. The topological polar surface area (TPSA) is 48.7 Å². The van der Waals surface area contributed by atoms with Gasteiger partial charge in [-0.1, -0.05) is 12.1 Å². The summed E-state index contributed by atoms with van der Waals surface area (Å²) in [7, 11) is 0. The van der Waals surface area contributed by atoms with Crippen LogP contribution in [0.25, 0.3) is 0 Å². The molecule has 1 N–H and O–H groups in total. The van der Waals surface area contributed by atoms with Crippen molar-refractivity contribution in [2.75, 3.05) is 5.32 Å². The second-order valence-electron chi connectivity index (χ2n) is 3.61. The normalized spacial score (nSPS) is 9.83. The van der Waals surface area contributed by atoms with E-state index in [0.29, 0.717) is 16.7 Å². The standard InChI is InChI=1S/C13H9BrFN3/c14-13-9(2-1-3-12(13)15)7-17-11-5-4-10(6-16)18-8-11/h1-5,8,17H,7H2. The fourth-order valence-electron chi connectivity index (χ4n) is 1.45. The van der Waals surface area contributed by atoms with Crippen molar-refractivity contribution in [3.8, 4) is 6.07 Å². The van der Waals surface area contributed by atoms with Gasteiger partial charge in [0, 0.05) is 6.54 Å². The zero-order valence-electron chi connectivity index (χ0n) is 9.32. The van der Waals surface area contributed by atoms with Crippen molar-refractivity contribution < 1.29 is 4.39 Å². The Kier molecular flexibility index (Phi) is 3.90. The van der Waals surface area contributed by atoms with Crippen molar-refractivity contribution in [1.29, 1.82) is 5.26 Å². The quantitative estimate of drug-likeness (QED) is 0.944. The van der Waals surface area contributed by atoms with Crippen molar-refractivity contribution in [3.05, 3.63) is 58.1 Å². The van der Waals surface area contributed by atoms with E-state index < -0.39 is 0 Å². The third-order valence-corrected chi connectivity index (χ3v) is 3.28. The maximum Gasteiger partial charge on any atom is 0.140 e. The fraction of sp³-hybridized carbons (Fsp3) is 0.0769. The van der Waals surface area contributed by atoms with E-state index in [4.69, 9.17) is 5.26 Å². The summed E-state index contributed by atoms with van der Waals surface area (Å²) in [4.78, 5) is 3.94. The molecule has 0 radical (unpaired) electrons. The highest BCUT2D eigenvalue weighted by molar-refractivity contribution is 9.10. The molecule has 0 atom stereocenters. The Morgan fingerprint density at radius 1 is 1.33 bits per heavy atom. The van der Waals surface area contributed by atoms with Crippen molar-refractivity contribution in [3.63, 3.8) is 0 Å². The lowest BCUT2D eigenvalue weighted by Gasteiger charge is -2.08. The van der Waals surface area contributed by atoms with Crippen LogP contribution in [0, 0.1) is 17.1 Å². The van der Waals surface area contributed by atoms with Gasteiger partial charge in [0.2, 0.25) is 0 Å². The van der Waals surface area contributed by atoms with Crippen molar-refractivity contribution in [2.45, 2.75) is 6.54 Å². The number of halogens is 2. The number of aromatic nitrogens is 1. The lowest BCUT2D eigenvalue weighted by Crippen LogP contribution is -2.01. The van der Waals surface area contributed by atoms with E-state index in [1.165, 1.54) is 6.07 Å². The van der Waals surface area contributed by atoms with Crippen LogP contribution in [0.5, 0.6) is 0 Å². The maximum atomic E-state index is 13.3. The summed E-state index contributed by atoms with van der Waals surface area (Å²) in [6, 6.07) is 10.2. The van der Waals surface area contributed by atoms with Gasteiger partial charge in [0.25, 0.3) is 0 Å². The minimum absolute atomic E-state index is 0.285. The lowest BCUT2D eigenvalue weighted by molar-refractivity contribution is 0.618. The summed E-state index contributed by atoms with van der Waals surface area (Å²) in [6.07, 6.45) is 1.58. The summed E-state index contributed by atoms with van der Waals surface area (Å²) in [5.41, 5.74) is 1.97. The monoisotopic (exact) mass is 305 g/mol. The second-order valence-corrected chi connectivity index (χ2v) is 4.40. The summed E-state index contributed by atoms with van der Waals surface area (Å²) < 4.78 is 13.7. The number of nitrogens with one attached hydrogen (secondary N) is 1. The van der Waals surface area contributed by atoms with Gasteiger partial charge in [-0.15, -0.1) is 0 Å². The van der Waals surface area contributed by atoms with Crippen LogP contribution in [-0.4, -0.2) is 4.98 Å². The Morgan fingerprint density at radius 2 is 2.17 bits per heavy atom. The van der Waals surface area contributed by atoms with Crippen LogP contribution in [0.3, 0.4) is 0 Å². The Balaban J connectivity index is 2.07. The van der Waals surface area contributed by atoms with Gasteiger partial charge in [0.05, 0.1) is 16.4 Å². The van der Waals surface area contributed by atoms with E-state index >= 15 is 0 Å². The fourth-order valence-corrected chi connectivity index (χ4v) is 1.85.